The molecule has 12 N–H and O–H groups in total. The zero-order valence-electron chi connectivity index (χ0n) is 22.7. The number of aliphatic hydroxyl groups is 3. The number of benzene rings is 3. The van der Waals surface area contributed by atoms with Crippen LogP contribution in [0.25, 0.3) is 0 Å². The van der Waals surface area contributed by atoms with Gasteiger partial charge in [-0.05, 0) is 24.3 Å². The molecule has 46 heavy (non-hydrogen) atoms. The van der Waals surface area contributed by atoms with Gasteiger partial charge in [0.2, 0.25) is 17.2 Å². The lowest BCUT2D eigenvalue weighted by molar-refractivity contribution is -0.285. The minimum atomic E-state index is -2.19. The fourth-order valence-electron chi connectivity index (χ4n) is 4.21. The largest absolute Gasteiger partial charge is 0.504 e. The maximum Gasteiger partial charge on any atom is 0.339 e. The number of phenols is 8. The molecule has 0 unspecified atom stereocenters. The summed E-state index contributed by atoms with van der Waals surface area (Å²) >= 11 is 0. The molecular formula is C27H24O19. The quantitative estimate of drug-likeness (QED) is 0.109. The smallest absolute Gasteiger partial charge is 0.339 e. The van der Waals surface area contributed by atoms with E-state index in [0.717, 1.165) is 0 Å². The number of carboxylic acid groups (broad SMARTS) is 1. The highest BCUT2D eigenvalue weighted by atomic mass is 16.7. The number of esters is 2. The first kappa shape index (κ1) is 33.0. The summed E-state index contributed by atoms with van der Waals surface area (Å²) in [5, 5.41) is 119. The maximum absolute atomic E-state index is 13.1. The van der Waals surface area contributed by atoms with E-state index in [4.69, 9.17) is 18.9 Å². The number of phenolic OH excluding ortho intramolecular Hbond substituents is 8. The average molecular weight is 652 g/mol. The molecule has 0 saturated carbocycles. The van der Waals surface area contributed by atoms with E-state index in [-0.39, 0.29) is 0 Å². The Bertz CT molecular complexity index is 1680. The summed E-state index contributed by atoms with van der Waals surface area (Å²) in [7, 11) is 0. The molecule has 0 aromatic heterocycles. The molecule has 4 rings (SSSR count). The van der Waals surface area contributed by atoms with E-state index in [1.807, 2.05) is 0 Å². The van der Waals surface area contributed by atoms with Crippen molar-refractivity contribution in [2.75, 3.05) is 6.61 Å². The number of hydrogen-bond donors (Lipinski definition) is 12. The Morgan fingerprint density at radius 2 is 1.17 bits per heavy atom. The first-order chi connectivity index (χ1) is 21.5. The van der Waals surface area contributed by atoms with Crippen LogP contribution < -0.4 is 4.74 Å². The molecule has 1 saturated heterocycles. The number of aromatic hydroxyl groups is 8. The van der Waals surface area contributed by atoms with Crippen molar-refractivity contribution in [1.29, 1.82) is 0 Å². The Labute approximate surface area is 254 Å². The predicted octanol–water partition coefficient (Wildman–Crippen LogP) is -0.357. The summed E-state index contributed by atoms with van der Waals surface area (Å²) in [5.41, 5.74) is -2.23. The van der Waals surface area contributed by atoms with Crippen LogP contribution in [0.1, 0.15) is 31.1 Å². The Balaban J connectivity index is 1.67. The third kappa shape index (κ3) is 6.19. The van der Waals surface area contributed by atoms with Crippen LogP contribution in [0.4, 0.5) is 0 Å². The molecule has 19 heteroatoms. The highest BCUT2D eigenvalue weighted by Gasteiger charge is 2.49. The summed E-state index contributed by atoms with van der Waals surface area (Å²) in [5.74, 6) is -15.3. The van der Waals surface area contributed by atoms with Crippen molar-refractivity contribution in [2.45, 2.75) is 30.7 Å². The van der Waals surface area contributed by atoms with Gasteiger partial charge in [-0.2, -0.15) is 0 Å². The Morgan fingerprint density at radius 1 is 0.674 bits per heavy atom. The second-order valence-electron chi connectivity index (χ2n) is 9.56. The second-order valence-corrected chi connectivity index (χ2v) is 9.56. The number of hydrogen-bond acceptors (Lipinski definition) is 18. The predicted molar refractivity (Wildman–Crippen MR) is 142 cm³/mol. The Kier molecular flexibility index (Phi) is 9.05. The fraction of sp³-hybridized carbons (Fsp3) is 0.222. The van der Waals surface area contributed by atoms with Gasteiger partial charge in [0, 0.05) is 6.07 Å². The Hall–Kier alpha value is -5.89. The topological polar surface area (TPSA) is 331 Å². The van der Waals surface area contributed by atoms with Gasteiger partial charge in [-0.3, -0.25) is 0 Å². The van der Waals surface area contributed by atoms with Gasteiger partial charge >= 0.3 is 17.9 Å². The number of carbonyl (C=O) groups is 3. The van der Waals surface area contributed by atoms with E-state index in [0.29, 0.717) is 30.3 Å². The van der Waals surface area contributed by atoms with Crippen LogP contribution in [-0.4, -0.2) is 116 Å². The molecule has 0 amide bonds. The molecule has 3 aromatic carbocycles. The van der Waals surface area contributed by atoms with Crippen molar-refractivity contribution in [3.8, 4) is 57.5 Å². The number of ether oxygens (including phenoxy) is 4. The molecule has 1 aliphatic rings. The van der Waals surface area contributed by atoms with Gasteiger partial charge in [0.05, 0.1) is 17.7 Å². The van der Waals surface area contributed by atoms with E-state index < -0.39 is 129 Å². The molecule has 19 nitrogen and oxygen atoms in total. The minimum Gasteiger partial charge on any atom is -0.504 e. The summed E-state index contributed by atoms with van der Waals surface area (Å²) in [6.07, 6.45) is -9.89. The zero-order valence-corrected chi connectivity index (χ0v) is 22.7. The SMILES string of the molecule is O=C(O[C@@H]1[C@@H](OC(=O)c2cc(O)c(O)c(O)c2)[C@H](O)[C@@H](CO)O[C@H]1O)c1cc(O)c(O)c(Oc2c(C(=O)O)cc(O)c(O)c2O)c1. The third-order valence-corrected chi connectivity index (χ3v) is 6.55. The van der Waals surface area contributed by atoms with E-state index in [9.17, 15) is 75.7 Å². The number of aliphatic hydroxyl groups excluding tert-OH is 3. The molecule has 0 spiro atoms. The van der Waals surface area contributed by atoms with Crippen LogP contribution in [0, 0.1) is 0 Å². The van der Waals surface area contributed by atoms with Crippen LogP contribution in [0.2, 0.25) is 0 Å². The molecular weight excluding hydrogens is 628 g/mol. The molecule has 246 valence electrons. The van der Waals surface area contributed by atoms with Crippen molar-refractivity contribution in [2.24, 2.45) is 0 Å². The highest BCUT2D eigenvalue weighted by Crippen LogP contribution is 2.49. The number of rotatable bonds is 8. The van der Waals surface area contributed by atoms with Crippen molar-refractivity contribution in [3.63, 3.8) is 0 Å². The van der Waals surface area contributed by atoms with Crippen molar-refractivity contribution in [3.05, 3.63) is 47.0 Å². The molecule has 1 fully saturated rings. The summed E-state index contributed by atoms with van der Waals surface area (Å²) < 4.78 is 20.5. The molecule has 5 atom stereocenters. The minimum absolute atomic E-state index is 0.486. The first-order valence-electron chi connectivity index (χ1n) is 12.6. The summed E-state index contributed by atoms with van der Waals surface area (Å²) in [4.78, 5) is 37.5. The van der Waals surface area contributed by atoms with Crippen LogP contribution >= 0.6 is 0 Å². The van der Waals surface area contributed by atoms with E-state index in [2.05, 4.69) is 0 Å². The van der Waals surface area contributed by atoms with Gasteiger partial charge in [0.15, 0.2) is 58.7 Å². The van der Waals surface area contributed by atoms with Gasteiger partial charge in [0.1, 0.15) is 17.8 Å². The molecule has 0 aliphatic carbocycles. The van der Waals surface area contributed by atoms with Gasteiger partial charge in [0.25, 0.3) is 0 Å². The number of carboxylic acids is 1. The Morgan fingerprint density at radius 3 is 1.72 bits per heavy atom. The van der Waals surface area contributed by atoms with Gasteiger partial charge in [-0.1, -0.05) is 0 Å². The number of carbonyl (C=O) groups excluding carboxylic acids is 2. The van der Waals surface area contributed by atoms with Crippen molar-refractivity contribution < 1.29 is 94.6 Å². The van der Waals surface area contributed by atoms with Crippen LogP contribution in [0.3, 0.4) is 0 Å². The van der Waals surface area contributed by atoms with E-state index in [1.54, 1.807) is 0 Å². The normalized spacial score (nSPS) is 20.9. The summed E-state index contributed by atoms with van der Waals surface area (Å²) in [6.45, 7) is -0.932. The van der Waals surface area contributed by atoms with Crippen molar-refractivity contribution in [1.82, 2.24) is 0 Å². The standard InChI is InChI=1S/C27H24O19/c28-6-15-19(36)22(45-25(40)7-1-10(29)16(33)11(30)2-7)23(27(42)44-15)46-26(41)8-3-12(31)17(34)14(4-8)43-21-9(24(38)39)5-13(32)18(35)20(21)37/h1-5,15,19,22-23,27-37,42H,6H2,(H,38,39)/t15-,19-,22+,23-,27-/m1/s1. The second kappa shape index (κ2) is 12.6. The van der Waals surface area contributed by atoms with Crippen LogP contribution in [-0.2, 0) is 14.2 Å². The highest BCUT2D eigenvalue weighted by molar-refractivity contribution is 5.94. The van der Waals surface area contributed by atoms with Gasteiger partial charge in [-0.25, -0.2) is 14.4 Å². The molecule has 1 heterocycles. The lowest BCUT2D eigenvalue weighted by Gasteiger charge is -2.41. The first-order valence-corrected chi connectivity index (χ1v) is 12.6. The number of aromatic carboxylic acids is 1. The van der Waals surface area contributed by atoms with Crippen molar-refractivity contribution >= 4 is 17.9 Å². The maximum atomic E-state index is 13.1. The van der Waals surface area contributed by atoms with Gasteiger partial charge < -0.3 is 80.2 Å². The summed E-state index contributed by atoms with van der Waals surface area (Å²) in [6, 6.07) is 3.07. The molecule has 3 aromatic rings. The van der Waals surface area contributed by atoms with Gasteiger partial charge in [-0.15, -0.1) is 0 Å². The van der Waals surface area contributed by atoms with E-state index >= 15 is 0 Å². The molecule has 0 bridgehead atoms. The fourth-order valence-corrected chi connectivity index (χ4v) is 4.21. The molecule has 0 radical (unpaired) electrons. The lowest BCUT2D eigenvalue weighted by atomic mass is 9.98. The molecule has 1 aliphatic heterocycles. The zero-order chi connectivity index (χ0) is 34.2. The monoisotopic (exact) mass is 652 g/mol. The third-order valence-electron chi connectivity index (χ3n) is 6.55. The van der Waals surface area contributed by atoms with Crippen LogP contribution in [0.5, 0.6) is 57.5 Å². The lowest BCUT2D eigenvalue weighted by Crippen LogP contribution is -2.61. The van der Waals surface area contributed by atoms with E-state index in [1.165, 1.54) is 0 Å². The average Bonchev–Trinajstić information content (AvgIpc) is 3.00. The van der Waals surface area contributed by atoms with Crippen LogP contribution in [0.15, 0.2) is 30.3 Å².